The lowest BCUT2D eigenvalue weighted by molar-refractivity contribution is -0.143. The van der Waals surface area contributed by atoms with Gasteiger partial charge < -0.3 is 69.0 Å². The second kappa shape index (κ2) is 22.0. The number of aliphatic carboxylic acids is 1. The number of amides is 6. The third-order valence-corrected chi connectivity index (χ3v) is 8.38. The Labute approximate surface area is 311 Å². The number of nitrogens with one attached hydrogen (secondary N) is 6. The Morgan fingerprint density at radius 2 is 1.67 bits per heavy atom. The Morgan fingerprint density at radius 3 is 2.24 bits per heavy atom. The second-order valence-corrected chi connectivity index (χ2v) is 13.4. The first-order valence-corrected chi connectivity index (χ1v) is 17.5. The van der Waals surface area contributed by atoms with Crippen LogP contribution in [0.3, 0.4) is 0 Å². The number of aliphatic hydroxyl groups is 2. The molecule has 15 N–H and O–H groups in total. The third kappa shape index (κ3) is 14.6. The number of likely N-dealkylation sites (tertiary alicyclic amines) is 1. The van der Waals surface area contributed by atoms with Gasteiger partial charge in [0.05, 0.1) is 31.6 Å². The van der Waals surface area contributed by atoms with Gasteiger partial charge in [0.1, 0.15) is 30.2 Å². The molecule has 22 heteroatoms. The van der Waals surface area contributed by atoms with Crippen LogP contribution in [0.4, 0.5) is 0 Å². The van der Waals surface area contributed by atoms with Gasteiger partial charge in [-0.2, -0.15) is 0 Å². The molecule has 302 valence electrons. The van der Waals surface area contributed by atoms with E-state index in [4.69, 9.17) is 17.2 Å². The van der Waals surface area contributed by atoms with E-state index in [2.05, 4.69) is 41.5 Å². The van der Waals surface area contributed by atoms with Crippen LogP contribution in [0.2, 0.25) is 0 Å². The zero-order valence-corrected chi connectivity index (χ0v) is 30.6. The molecular weight excluding hydrogens is 712 g/mol. The molecule has 1 saturated heterocycles. The SMILES string of the molecule is CC(C)C[C@H](NC(=O)[C@H](CO)NC(=O)[C@H](Cc1cnc[nH]1)NC(=O)CNC(=O)[C@@H](NC(=O)[C@@H]1CCCN1C(=O)[C@@H](N)CCCN=C(N)N)[C@@H](C)O)C(=O)O. The van der Waals surface area contributed by atoms with Gasteiger partial charge in [-0.05, 0) is 44.9 Å². The number of rotatable bonds is 22. The van der Waals surface area contributed by atoms with Crippen molar-refractivity contribution in [2.45, 2.75) is 102 Å². The van der Waals surface area contributed by atoms with E-state index in [0.29, 0.717) is 18.5 Å². The summed E-state index contributed by atoms with van der Waals surface area (Å²) in [6.45, 7) is 3.68. The number of imidazole rings is 1. The number of nitrogens with zero attached hydrogens (tertiary/aromatic N) is 3. The van der Waals surface area contributed by atoms with Crippen molar-refractivity contribution in [2.75, 3.05) is 26.2 Å². The number of aliphatic imine (C=N–C) groups is 1. The number of hydrogen-bond acceptors (Lipinski definition) is 12. The molecule has 0 aliphatic carbocycles. The fourth-order valence-corrected chi connectivity index (χ4v) is 5.59. The van der Waals surface area contributed by atoms with Crippen molar-refractivity contribution in [1.29, 1.82) is 0 Å². The minimum atomic E-state index is -1.57. The first-order valence-electron chi connectivity index (χ1n) is 17.5. The molecule has 1 aliphatic rings. The average Bonchev–Trinajstić information content (AvgIpc) is 3.81. The van der Waals surface area contributed by atoms with Gasteiger partial charge in [0.15, 0.2) is 5.96 Å². The van der Waals surface area contributed by atoms with Crippen molar-refractivity contribution < 1.29 is 48.9 Å². The summed E-state index contributed by atoms with van der Waals surface area (Å²) in [5, 5.41) is 41.4. The van der Waals surface area contributed by atoms with E-state index >= 15 is 0 Å². The smallest absolute Gasteiger partial charge is 0.326 e. The van der Waals surface area contributed by atoms with Gasteiger partial charge in [-0.15, -0.1) is 0 Å². The lowest BCUT2D eigenvalue weighted by Gasteiger charge is -2.29. The van der Waals surface area contributed by atoms with Gasteiger partial charge in [-0.25, -0.2) is 9.78 Å². The summed E-state index contributed by atoms with van der Waals surface area (Å²) in [5.41, 5.74) is 17.1. The molecule has 1 aromatic rings. The van der Waals surface area contributed by atoms with E-state index in [1.165, 1.54) is 24.3 Å². The van der Waals surface area contributed by atoms with Crippen LogP contribution >= 0.6 is 0 Å². The predicted molar refractivity (Wildman–Crippen MR) is 192 cm³/mol. The number of hydrogen-bond donors (Lipinski definition) is 12. The van der Waals surface area contributed by atoms with Crippen molar-refractivity contribution in [3.8, 4) is 0 Å². The number of carbonyl (C=O) groups is 7. The lowest BCUT2D eigenvalue weighted by Crippen LogP contribution is -2.59. The van der Waals surface area contributed by atoms with Crippen LogP contribution in [0.15, 0.2) is 17.5 Å². The number of nitrogens with two attached hydrogens (primary N) is 3. The monoisotopic (exact) mass is 766 g/mol. The zero-order chi connectivity index (χ0) is 40.5. The number of aliphatic hydroxyl groups excluding tert-OH is 2. The van der Waals surface area contributed by atoms with Crippen molar-refractivity contribution in [1.82, 2.24) is 41.5 Å². The first-order chi connectivity index (χ1) is 25.4. The third-order valence-electron chi connectivity index (χ3n) is 8.38. The molecule has 2 heterocycles. The number of H-pyrrole nitrogens is 1. The van der Waals surface area contributed by atoms with Crippen molar-refractivity contribution in [3.05, 3.63) is 18.2 Å². The van der Waals surface area contributed by atoms with Crippen LogP contribution in [-0.2, 0) is 40.0 Å². The Hall–Kier alpha value is -5.35. The van der Waals surface area contributed by atoms with E-state index < -0.39 is 96.9 Å². The highest BCUT2D eigenvalue weighted by Gasteiger charge is 2.38. The molecule has 0 spiro atoms. The van der Waals surface area contributed by atoms with E-state index in [-0.39, 0.29) is 50.7 Å². The average molecular weight is 767 g/mol. The van der Waals surface area contributed by atoms with Gasteiger partial charge in [-0.1, -0.05) is 13.8 Å². The maximum Gasteiger partial charge on any atom is 0.326 e. The van der Waals surface area contributed by atoms with E-state index in [1.807, 2.05) is 0 Å². The van der Waals surface area contributed by atoms with Crippen LogP contribution in [0.25, 0.3) is 0 Å². The van der Waals surface area contributed by atoms with Crippen LogP contribution in [0.1, 0.15) is 58.6 Å². The number of carboxylic acid groups (broad SMARTS) is 1. The number of carbonyl (C=O) groups excluding carboxylic acids is 6. The largest absolute Gasteiger partial charge is 0.480 e. The molecule has 1 aliphatic heterocycles. The fourth-order valence-electron chi connectivity index (χ4n) is 5.59. The van der Waals surface area contributed by atoms with E-state index in [1.54, 1.807) is 13.8 Å². The molecule has 54 heavy (non-hydrogen) atoms. The molecule has 1 fully saturated rings. The molecule has 6 amide bonds. The summed E-state index contributed by atoms with van der Waals surface area (Å²) in [4.78, 5) is 102. The standard InChI is InChI=1S/C32H54N12O10/c1-16(2)10-21(31(53)54)41-27(49)22(14-45)42-26(48)20(11-18-12-36-15-39-18)40-24(47)13-38-29(51)25(17(3)46)43-28(50)23-7-5-9-44(23)30(52)19(33)6-4-8-37-32(34)35/h12,15-17,19-23,25,45-46H,4-11,13-14,33H2,1-3H3,(H,36,39)(H,38,51)(H,40,47)(H,41,49)(H,42,48)(H,43,50)(H,53,54)(H4,34,35,37)/t17-,19+,20+,21+,22+,23+,25+/m1/s1. The zero-order valence-electron chi connectivity index (χ0n) is 30.6. The van der Waals surface area contributed by atoms with E-state index in [9.17, 15) is 48.9 Å². The predicted octanol–water partition coefficient (Wildman–Crippen LogP) is -5.12. The van der Waals surface area contributed by atoms with Gasteiger partial charge in [-0.3, -0.25) is 33.8 Å². The molecule has 0 bridgehead atoms. The maximum absolute atomic E-state index is 13.3. The summed E-state index contributed by atoms with van der Waals surface area (Å²) >= 11 is 0. The van der Waals surface area contributed by atoms with Gasteiger partial charge in [0.25, 0.3) is 0 Å². The molecule has 1 aromatic heterocycles. The highest BCUT2D eigenvalue weighted by atomic mass is 16.4. The molecule has 0 unspecified atom stereocenters. The summed E-state index contributed by atoms with van der Waals surface area (Å²) in [5.74, 6) is -6.37. The minimum Gasteiger partial charge on any atom is -0.480 e. The molecule has 2 rings (SSSR count). The van der Waals surface area contributed by atoms with Crippen molar-refractivity contribution >= 4 is 47.4 Å². The fraction of sp³-hybridized carbons (Fsp3) is 0.656. The quantitative estimate of drug-likeness (QED) is 0.0299. The number of aromatic nitrogens is 2. The Kier molecular flexibility index (Phi) is 18.3. The van der Waals surface area contributed by atoms with Crippen LogP contribution in [0.5, 0.6) is 0 Å². The highest BCUT2D eigenvalue weighted by molar-refractivity contribution is 5.96. The summed E-state index contributed by atoms with van der Waals surface area (Å²) < 4.78 is 0. The van der Waals surface area contributed by atoms with Crippen LogP contribution in [-0.4, -0.2) is 146 Å². The van der Waals surface area contributed by atoms with Crippen LogP contribution in [0, 0.1) is 5.92 Å². The van der Waals surface area contributed by atoms with Gasteiger partial charge in [0, 0.05) is 31.4 Å². The molecular formula is C32H54N12O10. The first kappa shape index (κ1) is 44.8. The number of aromatic amines is 1. The normalized spacial score (nSPS) is 17.2. The van der Waals surface area contributed by atoms with E-state index in [0.717, 1.165) is 0 Å². The maximum atomic E-state index is 13.3. The number of guanidine groups is 1. The summed E-state index contributed by atoms with van der Waals surface area (Å²) in [7, 11) is 0. The Balaban J connectivity index is 2.04. The van der Waals surface area contributed by atoms with Gasteiger partial charge >= 0.3 is 5.97 Å². The lowest BCUT2D eigenvalue weighted by atomic mass is 10.0. The van der Waals surface area contributed by atoms with Crippen molar-refractivity contribution in [2.24, 2.45) is 28.1 Å². The van der Waals surface area contributed by atoms with Gasteiger partial charge in [0.2, 0.25) is 35.4 Å². The molecule has 0 saturated carbocycles. The second-order valence-electron chi connectivity index (χ2n) is 13.4. The summed E-state index contributed by atoms with van der Waals surface area (Å²) in [6.07, 6.45) is 2.67. The highest BCUT2D eigenvalue weighted by Crippen LogP contribution is 2.19. The number of carboxylic acids is 1. The van der Waals surface area contributed by atoms with Crippen LogP contribution < -0.4 is 43.8 Å². The van der Waals surface area contributed by atoms with Crippen molar-refractivity contribution in [3.63, 3.8) is 0 Å². The Bertz CT molecular complexity index is 1470. The minimum absolute atomic E-state index is 0.0899. The Morgan fingerprint density at radius 1 is 1.00 bits per heavy atom. The summed E-state index contributed by atoms with van der Waals surface area (Å²) in [6, 6.07) is -7.64. The molecule has 22 nitrogen and oxygen atoms in total. The molecule has 7 atom stereocenters. The molecule has 0 radical (unpaired) electrons. The topological polar surface area (TPSA) is 363 Å². The molecule has 0 aromatic carbocycles.